The second kappa shape index (κ2) is 5.82. The fourth-order valence-electron chi connectivity index (χ4n) is 1.46. The van der Waals surface area contributed by atoms with E-state index in [4.69, 9.17) is 5.26 Å². The Labute approximate surface area is 93.9 Å². The maximum Gasteiger partial charge on any atom is 0.0994 e. The summed E-state index contributed by atoms with van der Waals surface area (Å²) in [5.74, 6) is 0. The van der Waals surface area contributed by atoms with Gasteiger partial charge in [0, 0.05) is 5.33 Å². The van der Waals surface area contributed by atoms with E-state index in [2.05, 4.69) is 41.1 Å². The Morgan fingerprint density at radius 1 is 1.43 bits per heavy atom. The van der Waals surface area contributed by atoms with Gasteiger partial charge in [0.15, 0.2) is 0 Å². The van der Waals surface area contributed by atoms with Crippen molar-refractivity contribution in [2.75, 3.05) is 5.33 Å². The zero-order valence-corrected chi connectivity index (χ0v) is 9.97. The number of hydrogen-bond acceptors (Lipinski definition) is 1. The first-order valence-electron chi connectivity index (χ1n) is 4.89. The Morgan fingerprint density at radius 2 is 2.21 bits per heavy atom. The number of alkyl halides is 1. The molecule has 0 spiro atoms. The highest BCUT2D eigenvalue weighted by atomic mass is 79.9. The van der Waals surface area contributed by atoms with Crippen molar-refractivity contribution in [3.63, 3.8) is 0 Å². The highest BCUT2D eigenvalue weighted by Gasteiger charge is 2.01. The lowest BCUT2D eigenvalue weighted by Crippen LogP contribution is -1.92. The zero-order valence-electron chi connectivity index (χ0n) is 8.39. The molecule has 0 bridgehead atoms. The summed E-state index contributed by atoms with van der Waals surface area (Å²) in [6, 6.07) is 8.47. The molecular weight excluding hydrogens is 238 g/mol. The Kier molecular flexibility index (Phi) is 4.69. The molecule has 0 N–H and O–H groups in total. The Bertz CT molecular complexity index is 339. The largest absolute Gasteiger partial charge is 0.192 e. The number of aryl methyl sites for hydroxylation is 2. The van der Waals surface area contributed by atoms with Crippen LogP contribution in [0.5, 0.6) is 0 Å². The lowest BCUT2D eigenvalue weighted by Gasteiger charge is -2.04. The molecule has 74 valence electrons. The summed E-state index contributed by atoms with van der Waals surface area (Å²) in [7, 11) is 0. The van der Waals surface area contributed by atoms with Gasteiger partial charge in [-0.15, -0.1) is 0 Å². The van der Waals surface area contributed by atoms with E-state index in [1.54, 1.807) is 0 Å². The molecule has 0 atom stereocenters. The van der Waals surface area contributed by atoms with Gasteiger partial charge in [-0.05, 0) is 36.5 Å². The van der Waals surface area contributed by atoms with Gasteiger partial charge in [-0.1, -0.05) is 35.0 Å². The molecule has 0 fully saturated rings. The Morgan fingerprint density at radius 3 is 2.79 bits per heavy atom. The van der Waals surface area contributed by atoms with Crippen LogP contribution in [0, 0.1) is 11.3 Å². The van der Waals surface area contributed by atoms with Crippen molar-refractivity contribution in [2.45, 2.75) is 26.2 Å². The number of nitrogens with zero attached hydrogens (tertiary/aromatic N) is 1. The maximum absolute atomic E-state index is 8.94. The van der Waals surface area contributed by atoms with Crippen molar-refractivity contribution in [3.05, 3.63) is 34.9 Å². The summed E-state index contributed by atoms with van der Waals surface area (Å²) >= 11 is 3.41. The van der Waals surface area contributed by atoms with Crippen LogP contribution < -0.4 is 0 Å². The SMILES string of the molecule is CCc1ccc(CCCBr)cc1C#N. The van der Waals surface area contributed by atoms with Crippen LogP contribution >= 0.6 is 15.9 Å². The van der Waals surface area contributed by atoms with Crippen LogP contribution in [0.15, 0.2) is 18.2 Å². The number of nitriles is 1. The summed E-state index contributed by atoms with van der Waals surface area (Å²) in [6.07, 6.45) is 3.10. The van der Waals surface area contributed by atoms with Crippen LogP contribution in [-0.4, -0.2) is 5.33 Å². The van der Waals surface area contributed by atoms with Crippen LogP contribution in [0.2, 0.25) is 0 Å². The second-order valence-corrected chi connectivity index (χ2v) is 4.04. The smallest absolute Gasteiger partial charge is 0.0994 e. The number of hydrogen-bond donors (Lipinski definition) is 0. The summed E-state index contributed by atoms with van der Waals surface area (Å²) < 4.78 is 0. The van der Waals surface area contributed by atoms with Crippen LogP contribution in [-0.2, 0) is 12.8 Å². The van der Waals surface area contributed by atoms with Gasteiger partial charge in [-0.25, -0.2) is 0 Å². The van der Waals surface area contributed by atoms with E-state index in [0.717, 1.165) is 35.7 Å². The van der Waals surface area contributed by atoms with Gasteiger partial charge in [0.2, 0.25) is 0 Å². The summed E-state index contributed by atoms with van der Waals surface area (Å²) in [5.41, 5.74) is 3.24. The molecule has 1 aromatic carbocycles. The molecule has 2 heteroatoms. The molecule has 0 aliphatic heterocycles. The van der Waals surface area contributed by atoms with Crippen LogP contribution in [0.3, 0.4) is 0 Å². The second-order valence-electron chi connectivity index (χ2n) is 3.25. The van der Waals surface area contributed by atoms with Crippen molar-refractivity contribution >= 4 is 15.9 Å². The first-order chi connectivity index (χ1) is 6.81. The molecule has 1 nitrogen and oxygen atoms in total. The van der Waals surface area contributed by atoms with E-state index in [-0.39, 0.29) is 0 Å². The molecule has 14 heavy (non-hydrogen) atoms. The third kappa shape index (κ3) is 2.85. The van der Waals surface area contributed by atoms with E-state index < -0.39 is 0 Å². The van der Waals surface area contributed by atoms with Gasteiger partial charge < -0.3 is 0 Å². The van der Waals surface area contributed by atoms with Gasteiger partial charge >= 0.3 is 0 Å². The van der Waals surface area contributed by atoms with E-state index in [0.29, 0.717) is 0 Å². The maximum atomic E-state index is 8.94. The van der Waals surface area contributed by atoms with Crippen molar-refractivity contribution < 1.29 is 0 Å². The third-order valence-corrected chi connectivity index (χ3v) is 2.84. The highest BCUT2D eigenvalue weighted by molar-refractivity contribution is 9.09. The lowest BCUT2D eigenvalue weighted by molar-refractivity contribution is 0.936. The van der Waals surface area contributed by atoms with E-state index in [1.165, 1.54) is 5.56 Å². The average Bonchev–Trinajstić information content (AvgIpc) is 2.25. The topological polar surface area (TPSA) is 23.8 Å². The van der Waals surface area contributed by atoms with Gasteiger partial charge in [0.1, 0.15) is 0 Å². The fraction of sp³-hybridized carbons (Fsp3) is 0.417. The predicted molar refractivity (Wildman–Crippen MR) is 62.7 cm³/mol. The summed E-state index contributed by atoms with van der Waals surface area (Å²) in [5, 5.41) is 9.96. The molecule has 1 rings (SSSR count). The molecule has 0 aliphatic rings. The van der Waals surface area contributed by atoms with Crippen molar-refractivity contribution in [1.82, 2.24) is 0 Å². The van der Waals surface area contributed by atoms with Gasteiger partial charge in [-0.3, -0.25) is 0 Å². The van der Waals surface area contributed by atoms with Gasteiger partial charge in [0.25, 0.3) is 0 Å². The quantitative estimate of drug-likeness (QED) is 0.753. The number of halogens is 1. The molecule has 1 aromatic rings. The van der Waals surface area contributed by atoms with E-state index in [1.807, 2.05) is 6.07 Å². The molecule has 0 amide bonds. The highest BCUT2D eigenvalue weighted by Crippen LogP contribution is 2.13. The van der Waals surface area contributed by atoms with Crippen LogP contribution in [0.4, 0.5) is 0 Å². The third-order valence-electron chi connectivity index (χ3n) is 2.27. The molecule has 0 aliphatic carbocycles. The minimum absolute atomic E-state index is 0.833. The first kappa shape index (κ1) is 11.3. The number of rotatable bonds is 4. The van der Waals surface area contributed by atoms with Crippen molar-refractivity contribution in [1.29, 1.82) is 5.26 Å². The lowest BCUT2D eigenvalue weighted by atomic mass is 10.0. The minimum Gasteiger partial charge on any atom is -0.192 e. The number of benzene rings is 1. The van der Waals surface area contributed by atoms with Crippen LogP contribution in [0.25, 0.3) is 0 Å². The standard InChI is InChI=1S/C12H14BrN/c1-2-11-6-5-10(4-3-7-13)8-12(11)9-14/h5-6,8H,2-4,7H2,1H3. The Hall–Kier alpha value is -0.810. The summed E-state index contributed by atoms with van der Waals surface area (Å²) in [6.45, 7) is 2.08. The Balaban J connectivity index is 2.86. The normalized spacial score (nSPS) is 9.79. The molecular formula is C12H14BrN. The first-order valence-corrected chi connectivity index (χ1v) is 6.01. The molecule has 0 saturated heterocycles. The van der Waals surface area contributed by atoms with Crippen molar-refractivity contribution in [3.8, 4) is 6.07 Å². The van der Waals surface area contributed by atoms with Gasteiger partial charge in [0.05, 0.1) is 11.6 Å². The predicted octanol–water partition coefficient (Wildman–Crippen LogP) is 3.45. The molecule has 0 heterocycles. The molecule has 0 unspecified atom stereocenters. The molecule has 0 aromatic heterocycles. The monoisotopic (exact) mass is 251 g/mol. The van der Waals surface area contributed by atoms with E-state index in [9.17, 15) is 0 Å². The molecule has 0 radical (unpaired) electrons. The fourth-order valence-corrected chi connectivity index (χ4v) is 1.74. The van der Waals surface area contributed by atoms with Gasteiger partial charge in [-0.2, -0.15) is 5.26 Å². The average molecular weight is 252 g/mol. The zero-order chi connectivity index (χ0) is 10.4. The van der Waals surface area contributed by atoms with E-state index >= 15 is 0 Å². The van der Waals surface area contributed by atoms with Crippen molar-refractivity contribution in [2.24, 2.45) is 0 Å². The minimum atomic E-state index is 0.833. The van der Waals surface area contributed by atoms with Crippen LogP contribution in [0.1, 0.15) is 30.0 Å². The molecule has 0 saturated carbocycles. The summed E-state index contributed by atoms with van der Waals surface area (Å²) in [4.78, 5) is 0.